The van der Waals surface area contributed by atoms with Crippen molar-refractivity contribution < 1.29 is 13.2 Å². The van der Waals surface area contributed by atoms with E-state index in [0.29, 0.717) is 5.65 Å². The molecule has 0 aliphatic carbocycles. The highest BCUT2D eigenvalue weighted by Gasteiger charge is 2.18. The molecule has 0 fully saturated rings. The molecular formula is C19H12ClF3N4O. The van der Waals surface area contributed by atoms with Crippen LogP contribution >= 0.6 is 11.6 Å². The summed E-state index contributed by atoms with van der Waals surface area (Å²) in [6.07, 6.45) is 1.31. The number of rotatable bonds is 3. The molecule has 0 saturated heterocycles. The van der Waals surface area contributed by atoms with Crippen molar-refractivity contribution in [1.29, 1.82) is 0 Å². The summed E-state index contributed by atoms with van der Waals surface area (Å²) in [4.78, 5) is 21.5. The Kier molecular flexibility index (Phi) is 4.43. The minimum atomic E-state index is -0.770. The molecule has 2 aromatic heterocycles. The lowest BCUT2D eigenvalue weighted by atomic mass is 10.1. The molecule has 0 radical (unpaired) electrons. The van der Waals surface area contributed by atoms with Crippen LogP contribution in [0.3, 0.4) is 0 Å². The van der Waals surface area contributed by atoms with Gasteiger partial charge in [-0.1, -0.05) is 17.7 Å². The van der Waals surface area contributed by atoms with E-state index in [1.807, 2.05) is 0 Å². The smallest absolute Gasteiger partial charge is 0.286 e. The van der Waals surface area contributed by atoms with E-state index in [1.54, 1.807) is 11.6 Å². The molecule has 0 aliphatic heterocycles. The molecule has 0 unspecified atom stereocenters. The Morgan fingerprint density at radius 2 is 1.86 bits per heavy atom. The number of hydrogen-bond acceptors (Lipinski definition) is 3. The minimum Gasteiger partial charge on any atom is -0.318 e. The van der Waals surface area contributed by atoms with Gasteiger partial charge in [0.15, 0.2) is 11.2 Å². The van der Waals surface area contributed by atoms with Crippen molar-refractivity contribution >= 4 is 22.8 Å². The zero-order chi connectivity index (χ0) is 20.0. The van der Waals surface area contributed by atoms with Gasteiger partial charge in [-0.25, -0.2) is 23.1 Å². The van der Waals surface area contributed by atoms with Crippen molar-refractivity contribution in [3.8, 4) is 5.69 Å². The van der Waals surface area contributed by atoms with Gasteiger partial charge in [-0.15, -0.1) is 0 Å². The molecule has 2 aromatic carbocycles. The summed E-state index contributed by atoms with van der Waals surface area (Å²) in [7, 11) is 1.66. The SMILES string of the molecule is Cn1cnc2c(=O)n(-c3ccc(Cl)c(F)c3)c(Cc3ccc(F)cc3F)nc21. The van der Waals surface area contributed by atoms with Crippen LogP contribution in [0.4, 0.5) is 13.2 Å². The van der Waals surface area contributed by atoms with Crippen molar-refractivity contribution in [3.63, 3.8) is 0 Å². The summed E-state index contributed by atoms with van der Waals surface area (Å²) in [5, 5.41) is -0.102. The second-order valence-corrected chi connectivity index (χ2v) is 6.61. The third kappa shape index (κ3) is 3.05. The number of fused-ring (bicyclic) bond motifs is 1. The lowest BCUT2D eigenvalue weighted by Gasteiger charge is -2.13. The standard InChI is InChI=1S/C19H12ClF3N4O/c1-26-9-24-17-18(26)25-16(6-10-2-3-11(21)7-14(10)22)27(19(17)28)12-4-5-13(20)15(23)8-12/h2-5,7-9H,6H2,1H3. The monoisotopic (exact) mass is 404 g/mol. The highest BCUT2D eigenvalue weighted by atomic mass is 35.5. The van der Waals surface area contributed by atoms with Crippen molar-refractivity contribution in [1.82, 2.24) is 19.1 Å². The van der Waals surface area contributed by atoms with Crippen molar-refractivity contribution in [3.05, 3.63) is 86.9 Å². The number of imidazole rings is 1. The van der Waals surface area contributed by atoms with Gasteiger partial charge >= 0.3 is 0 Å². The number of hydrogen-bond donors (Lipinski definition) is 0. The Morgan fingerprint density at radius 3 is 2.57 bits per heavy atom. The quantitative estimate of drug-likeness (QED) is 0.522. The first-order chi connectivity index (χ1) is 13.3. The van der Waals surface area contributed by atoms with E-state index < -0.39 is 23.0 Å². The molecule has 5 nitrogen and oxygen atoms in total. The molecule has 0 saturated carbocycles. The van der Waals surface area contributed by atoms with Gasteiger partial charge in [-0.3, -0.25) is 9.36 Å². The zero-order valence-corrected chi connectivity index (χ0v) is 15.2. The Hall–Kier alpha value is -3.13. The van der Waals surface area contributed by atoms with Crippen molar-refractivity contribution in [2.75, 3.05) is 0 Å². The van der Waals surface area contributed by atoms with E-state index >= 15 is 0 Å². The van der Waals surface area contributed by atoms with Crippen LogP contribution in [0, 0.1) is 17.5 Å². The number of aromatic nitrogens is 4. The number of aryl methyl sites for hydroxylation is 1. The molecule has 9 heteroatoms. The highest BCUT2D eigenvalue weighted by Crippen LogP contribution is 2.21. The van der Waals surface area contributed by atoms with E-state index in [2.05, 4.69) is 9.97 Å². The first-order valence-electron chi connectivity index (χ1n) is 8.17. The van der Waals surface area contributed by atoms with Gasteiger partial charge in [-0.2, -0.15) is 0 Å². The number of benzene rings is 2. The molecular weight excluding hydrogens is 393 g/mol. The average molecular weight is 405 g/mol. The molecule has 2 heterocycles. The van der Waals surface area contributed by atoms with E-state index in [1.165, 1.54) is 24.5 Å². The van der Waals surface area contributed by atoms with Crippen LogP contribution < -0.4 is 5.56 Å². The van der Waals surface area contributed by atoms with Gasteiger partial charge in [0, 0.05) is 19.5 Å². The molecule has 4 aromatic rings. The minimum absolute atomic E-state index is 0.0844. The Bertz CT molecular complexity index is 1280. The molecule has 0 aliphatic rings. The van der Waals surface area contributed by atoms with Crippen molar-refractivity contribution in [2.24, 2.45) is 7.05 Å². The number of halogens is 4. The van der Waals surface area contributed by atoms with Crippen LogP contribution in [0.2, 0.25) is 5.02 Å². The summed E-state index contributed by atoms with van der Waals surface area (Å²) in [5.41, 5.74) is 0.154. The molecule has 142 valence electrons. The molecule has 0 amide bonds. The number of nitrogens with zero attached hydrogens (tertiary/aromatic N) is 4. The fraction of sp³-hybridized carbons (Fsp3) is 0.105. The van der Waals surface area contributed by atoms with Gasteiger partial charge in [0.2, 0.25) is 0 Å². The summed E-state index contributed by atoms with van der Waals surface area (Å²) < 4.78 is 44.1. The van der Waals surface area contributed by atoms with Gasteiger partial charge < -0.3 is 4.57 Å². The van der Waals surface area contributed by atoms with Gasteiger partial charge in [0.1, 0.15) is 23.3 Å². The lowest BCUT2D eigenvalue weighted by molar-refractivity contribution is 0.572. The third-order valence-corrected chi connectivity index (χ3v) is 4.64. The Morgan fingerprint density at radius 1 is 1.07 bits per heavy atom. The summed E-state index contributed by atoms with van der Waals surface area (Å²) in [5.74, 6) is -2.05. The molecule has 0 atom stereocenters. The van der Waals surface area contributed by atoms with Crippen molar-refractivity contribution in [2.45, 2.75) is 6.42 Å². The van der Waals surface area contributed by atoms with E-state index in [-0.39, 0.29) is 34.0 Å². The van der Waals surface area contributed by atoms with Crippen LogP contribution in [0.1, 0.15) is 11.4 Å². The molecule has 0 N–H and O–H groups in total. The Labute approximate surface area is 161 Å². The van der Waals surface area contributed by atoms with Crippen LogP contribution in [0.5, 0.6) is 0 Å². The van der Waals surface area contributed by atoms with Crippen LogP contribution in [0.15, 0.2) is 47.5 Å². The first-order valence-corrected chi connectivity index (χ1v) is 8.55. The largest absolute Gasteiger partial charge is 0.318 e. The van der Waals surface area contributed by atoms with Gasteiger partial charge in [0.25, 0.3) is 5.56 Å². The molecule has 28 heavy (non-hydrogen) atoms. The maximum atomic E-state index is 14.2. The van der Waals surface area contributed by atoms with Crippen LogP contribution in [-0.2, 0) is 13.5 Å². The fourth-order valence-corrected chi connectivity index (χ4v) is 3.06. The topological polar surface area (TPSA) is 52.7 Å². The fourth-order valence-electron chi connectivity index (χ4n) is 2.95. The lowest BCUT2D eigenvalue weighted by Crippen LogP contribution is -2.25. The zero-order valence-electron chi connectivity index (χ0n) is 14.5. The first kappa shape index (κ1) is 18.2. The van der Waals surface area contributed by atoms with Gasteiger partial charge in [-0.05, 0) is 29.8 Å². The second kappa shape index (κ2) is 6.79. The van der Waals surface area contributed by atoms with Gasteiger partial charge in [0.05, 0.1) is 17.0 Å². The normalized spacial score (nSPS) is 11.3. The van der Waals surface area contributed by atoms with E-state index in [0.717, 1.165) is 22.8 Å². The molecule has 0 spiro atoms. The predicted octanol–water partition coefficient (Wildman–Crippen LogP) is 3.78. The molecule has 4 rings (SSSR count). The summed E-state index contributed by atoms with van der Waals surface area (Å²) in [6, 6.07) is 6.99. The average Bonchev–Trinajstić information content (AvgIpc) is 3.02. The summed E-state index contributed by atoms with van der Waals surface area (Å²) in [6.45, 7) is 0. The third-order valence-electron chi connectivity index (χ3n) is 4.33. The Balaban J connectivity index is 1.98. The van der Waals surface area contributed by atoms with Crippen LogP contribution in [-0.4, -0.2) is 19.1 Å². The molecule has 0 bridgehead atoms. The van der Waals surface area contributed by atoms with E-state index in [9.17, 15) is 18.0 Å². The second-order valence-electron chi connectivity index (χ2n) is 6.21. The maximum Gasteiger partial charge on any atom is 0.286 e. The summed E-state index contributed by atoms with van der Waals surface area (Å²) >= 11 is 5.73. The predicted molar refractivity (Wildman–Crippen MR) is 98.2 cm³/mol. The highest BCUT2D eigenvalue weighted by molar-refractivity contribution is 6.30. The maximum absolute atomic E-state index is 14.2. The van der Waals surface area contributed by atoms with E-state index in [4.69, 9.17) is 11.6 Å². The van der Waals surface area contributed by atoms with Crippen LogP contribution in [0.25, 0.3) is 16.9 Å².